The van der Waals surface area contributed by atoms with Crippen LogP contribution in [0.5, 0.6) is 5.75 Å². The minimum Gasteiger partial charge on any atom is -0.492 e. The summed E-state index contributed by atoms with van der Waals surface area (Å²) in [5.41, 5.74) is 2.36. The summed E-state index contributed by atoms with van der Waals surface area (Å²) in [6.45, 7) is 2.14. The molecular formula is C18H13Cl3O4. The third kappa shape index (κ3) is 3.34. The number of ether oxygens (including phenoxy) is 1. The predicted octanol–water partition coefficient (Wildman–Crippen LogP) is 4.75. The Hall–Kier alpha value is -1.75. The highest BCUT2D eigenvalue weighted by atomic mass is 35.5. The number of fused-ring (bicyclic) bond motifs is 1. The Balaban J connectivity index is 2.22. The van der Waals surface area contributed by atoms with E-state index in [2.05, 4.69) is 0 Å². The van der Waals surface area contributed by atoms with Gasteiger partial charge in [0.05, 0.1) is 34.2 Å². The molecule has 0 saturated carbocycles. The molecule has 1 heterocycles. The second-order valence-corrected chi connectivity index (χ2v) is 7.02. The molecule has 0 aromatic heterocycles. The summed E-state index contributed by atoms with van der Waals surface area (Å²) in [6.07, 6.45) is 0.437. The van der Waals surface area contributed by atoms with Crippen molar-refractivity contribution in [3.05, 3.63) is 61.1 Å². The lowest BCUT2D eigenvalue weighted by Crippen LogP contribution is -2.11. The highest BCUT2D eigenvalue weighted by Gasteiger charge is 2.29. The van der Waals surface area contributed by atoms with Crippen molar-refractivity contribution < 1.29 is 19.4 Å². The second-order valence-electron chi connectivity index (χ2n) is 5.77. The summed E-state index contributed by atoms with van der Waals surface area (Å²) >= 11 is 18.3. The number of carbonyl (C=O) groups excluding carboxylic acids is 1. The lowest BCUT2D eigenvalue weighted by atomic mass is 9.90. The van der Waals surface area contributed by atoms with Gasteiger partial charge in [0.25, 0.3) is 0 Å². The maximum absolute atomic E-state index is 13.2. The number of benzene rings is 2. The van der Waals surface area contributed by atoms with E-state index >= 15 is 0 Å². The number of carbonyl (C=O) groups is 2. The van der Waals surface area contributed by atoms with Crippen LogP contribution in [0.25, 0.3) is 0 Å². The second kappa shape index (κ2) is 6.87. The number of aliphatic carboxylic acids is 1. The molecule has 130 valence electrons. The topological polar surface area (TPSA) is 63.6 Å². The van der Waals surface area contributed by atoms with Crippen molar-refractivity contribution in [1.82, 2.24) is 0 Å². The highest BCUT2D eigenvalue weighted by molar-refractivity contribution is 6.43. The molecule has 1 aliphatic heterocycles. The van der Waals surface area contributed by atoms with E-state index in [1.54, 1.807) is 13.0 Å². The summed E-state index contributed by atoms with van der Waals surface area (Å²) in [5.74, 6) is -0.906. The van der Waals surface area contributed by atoms with E-state index in [0.29, 0.717) is 40.5 Å². The first-order valence-electron chi connectivity index (χ1n) is 7.48. The van der Waals surface area contributed by atoms with Gasteiger partial charge in [-0.15, -0.1) is 0 Å². The largest absolute Gasteiger partial charge is 0.492 e. The molecule has 0 radical (unpaired) electrons. The van der Waals surface area contributed by atoms with Crippen molar-refractivity contribution in [2.45, 2.75) is 19.8 Å². The Morgan fingerprint density at radius 1 is 1.12 bits per heavy atom. The van der Waals surface area contributed by atoms with Crippen LogP contribution in [0.4, 0.5) is 0 Å². The van der Waals surface area contributed by atoms with Gasteiger partial charge in [-0.05, 0) is 35.7 Å². The quantitative estimate of drug-likeness (QED) is 0.754. The van der Waals surface area contributed by atoms with Crippen LogP contribution < -0.4 is 4.74 Å². The number of carboxylic acids is 1. The van der Waals surface area contributed by atoms with E-state index in [1.807, 2.05) is 0 Å². The fraction of sp³-hybridized carbons (Fsp3) is 0.222. The zero-order chi connectivity index (χ0) is 18.3. The minimum atomic E-state index is -0.970. The molecular weight excluding hydrogens is 387 g/mol. The lowest BCUT2D eigenvalue weighted by Gasteiger charge is -2.16. The number of hydrogen-bond donors (Lipinski definition) is 1. The molecule has 1 N–H and O–H groups in total. The normalized spacial score (nSPS) is 12.6. The van der Waals surface area contributed by atoms with Gasteiger partial charge in [0.15, 0.2) is 5.78 Å². The summed E-state index contributed by atoms with van der Waals surface area (Å²) in [5, 5.41) is 9.73. The van der Waals surface area contributed by atoms with Gasteiger partial charge >= 0.3 is 5.97 Å². The SMILES string of the molecule is Cc1c(CC(=O)O)cc2c(c1C(=O)c1c(Cl)cc(Cl)cc1Cl)OCC2. The minimum absolute atomic E-state index is 0.126. The van der Waals surface area contributed by atoms with Crippen molar-refractivity contribution in [3.8, 4) is 5.75 Å². The molecule has 7 heteroatoms. The molecule has 0 atom stereocenters. The van der Waals surface area contributed by atoms with Gasteiger partial charge in [-0.3, -0.25) is 9.59 Å². The van der Waals surface area contributed by atoms with Crippen LogP contribution in [0.15, 0.2) is 18.2 Å². The van der Waals surface area contributed by atoms with Crippen LogP contribution in [-0.4, -0.2) is 23.5 Å². The monoisotopic (exact) mass is 398 g/mol. The van der Waals surface area contributed by atoms with E-state index in [-0.39, 0.29) is 22.0 Å². The first-order valence-corrected chi connectivity index (χ1v) is 8.62. The molecule has 1 aliphatic rings. The summed E-state index contributed by atoms with van der Waals surface area (Å²) < 4.78 is 5.64. The molecule has 0 saturated heterocycles. The third-order valence-corrected chi connectivity index (χ3v) is 4.96. The summed E-state index contributed by atoms with van der Waals surface area (Å²) in [6, 6.07) is 4.67. The Morgan fingerprint density at radius 3 is 2.36 bits per heavy atom. The zero-order valence-electron chi connectivity index (χ0n) is 13.2. The number of halogens is 3. The summed E-state index contributed by atoms with van der Waals surface area (Å²) in [4.78, 5) is 24.3. The lowest BCUT2D eigenvalue weighted by molar-refractivity contribution is -0.136. The molecule has 0 spiro atoms. The summed E-state index contributed by atoms with van der Waals surface area (Å²) in [7, 11) is 0. The smallest absolute Gasteiger partial charge is 0.307 e. The van der Waals surface area contributed by atoms with Crippen LogP contribution in [-0.2, 0) is 17.6 Å². The maximum Gasteiger partial charge on any atom is 0.307 e. The number of hydrogen-bond acceptors (Lipinski definition) is 3. The standard InChI is InChI=1S/C18H13Cl3O4/c1-8-10(5-14(22)23)4-9-2-3-25-18(9)15(8)17(24)16-12(20)6-11(19)7-13(16)21/h4,6-7H,2-3,5H2,1H3,(H,22,23). The average molecular weight is 400 g/mol. The molecule has 3 rings (SSSR count). The van der Waals surface area contributed by atoms with Crippen molar-refractivity contribution >= 4 is 46.6 Å². The van der Waals surface area contributed by atoms with Gasteiger partial charge in [0, 0.05) is 11.4 Å². The zero-order valence-corrected chi connectivity index (χ0v) is 15.4. The van der Waals surface area contributed by atoms with Gasteiger partial charge in [0.1, 0.15) is 5.75 Å². The Kier molecular flexibility index (Phi) is 4.96. The van der Waals surface area contributed by atoms with Crippen LogP contribution in [0.2, 0.25) is 15.1 Å². The third-order valence-electron chi connectivity index (χ3n) is 4.14. The molecule has 0 unspecified atom stereocenters. The van der Waals surface area contributed by atoms with E-state index in [1.165, 1.54) is 12.1 Å². The van der Waals surface area contributed by atoms with Gasteiger partial charge in [-0.25, -0.2) is 0 Å². The first kappa shape index (κ1) is 18.1. The molecule has 25 heavy (non-hydrogen) atoms. The van der Waals surface area contributed by atoms with Crippen LogP contribution >= 0.6 is 34.8 Å². The van der Waals surface area contributed by atoms with E-state index in [4.69, 9.17) is 44.6 Å². The predicted molar refractivity (Wildman–Crippen MR) is 96.6 cm³/mol. The highest BCUT2D eigenvalue weighted by Crippen LogP contribution is 2.39. The van der Waals surface area contributed by atoms with Gasteiger partial charge in [0.2, 0.25) is 0 Å². The molecule has 2 aromatic rings. The fourth-order valence-corrected chi connectivity index (χ4v) is 3.98. The van der Waals surface area contributed by atoms with Crippen molar-refractivity contribution in [3.63, 3.8) is 0 Å². The van der Waals surface area contributed by atoms with Crippen molar-refractivity contribution in [2.75, 3.05) is 6.61 Å². The molecule has 0 aliphatic carbocycles. The van der Waals surface area contributed by atoms with Gasteiger partial charge in [-0.2, -0.15) is 0 Å². The Morgan fingerprint density at radius 2 is 1.76 bits per heavy atom. The van der Waals surface area contributed by atoms with Gasteiger partial charge in [-0.1, -0.05) is 40.9 Å². The van der Waals surface area contributed by atoms with Crippen LogP contribution in [0.1, 0.15) is 32.6 Å². The van der Waals surface area contributed by atoms with E-state index in [9.17, 15) is 9.59 Å². The van der Waals surface area contributed by atoms with Gasteiger partial charge < -0.3 is 9.84 Å². The number of ketones is 1. The molecule has 0 bridgehead atoms. The van der Waals surface area contributed by atoms with Crippen LogP contribution in [0, 0.1) is 6.92 Å². The molecule has 0 fully saturated rings. The Labute approximate surface area is 159 Å². The van der Waals surface area contributed by atoms with Crippen molar-refractivity contribution in [2.24, 2.45) is 0 Å². The average Bonchev–Trinajstić information content (AvgIpc) is 2.93. The van der Waals surface area contributed by atoms with Crippen LogP contribution in [0.3, 0.4) is 0 Å². The van der Waals surface area contributed by atoms with E-state index in [0.717, 1.165) is 5.56 Å². The number of rotatable bonds is 4. The van der Waals surface area contributed by atoms with Crippen molar-refractivity contribution in [1.29, 1.82) is 0 Å². The van der Waals surface area contributed by atoms with E-state index < -0.39 is 11.8 Å². The molecule has 2 aromatic carbocycles. The molecule has 4 nitrogen and oxygen atoms in total. The number of carboxylic acid groups (broad SMARTS) is 1. The maximum atomic E-state index is 13.2. The Bertz CT molecular complexity index is 883. The first-order chi connectivity index (χ1) is 11.8. The fourth-order valence-electron chi connectivity index (χ4n) is 2.99. The molecule has 0 amide bonds.